The Kier molecular flexibility index (Phi) is 6.89. The van der Waals surface area contributed by atoms with E-state index in [1.165, 1.54) is 12.8 Å². The van der Waals surface area contributed by atoms with Crippen molar-refractivity contribution in [2.24, 2.45) is 5.73 Å². The van der Waals surface area contributed by atoms with Gasteiger partial charge in [-0.1, -0.05) is 12.8 Å². The molecule has 1 aromatic heterocycles. The van der Waals surface area contributed by atoms with E-state index in [-0.39, 0.29) is 5.91 Å². The van der Waals surface area contributed by atoms with Gasteiger partial charge in [-0.05, 0) is 31.5 Å². The Balaban J connectivity index is 2.30. The molecule has 0 unspecified atom stereocenters. The highest BCUT2D eigenvalue weighted by molar-refractivity contribution is 5.93. The van der Waals surface area contributed by atoms with Crippen molar-refractivity contribution in [2.45, 2.75) is 25.7 Å². The van der Waals surface area contributed by atoms with Gasteiger partial charge in [0.25, 0.3) is 5.91 Å². The average molecular weight is 264 g/mol. The predicted octanol–water partition coefficient (Wildman–Crippen LogP) is 1.71. The summed E-state index contributed by atoms with van der Waals surface area (Å²) in [7, 11) is 3.46. The van der Waals surface area contributed by atoms with Gasteiger partial charge in [-0.25, -0.2) is 4.98 Å². The highest BCUT2D eigenvalue weighted by Gasteiger charge is 2.07. The van der Waals surface area contributed by atoms with E-state index >= 15 is 0 Å². The Morgan fingerprint density at radius 1 is 1.26 bits per heavy atom. The monoisotopic (exact) mass is 264 g/mol. The summed E-state index contributed by atoms with van der Waals surface area (Å²) in [6.07, 6.45) is 6.18. The second kappa shape index (κ2) is 8.48. The number of hydrogen-bond acceptors (Lipinski definition) is 4. The molecular formula is C14H24N4O. The number of anilines is 1. The van der Waals surface area contributed by atoms with Crippen molar-refractivity contribution in [1.29, 1.82) is 0 Å². The number of amides is 1. The van der Waals surface area contributed by atoms with Crippen LogP contribution in [0, 0.1) is 0 Å². The van der Waals surface area contributed by atoms with E-state index in [9.17, 15) is 4.79 Å². The van der Waals surface area contributed by atoms with Gasteiger partial charge >= 0.3 is 0 Å². The number of nitrogens with two attached hydrogens (primary N) is 1. The molecule has 106 valence electrons. The Bertz CT molecular complexity index is 376. The van der Waals surface area contributed by atoms with E-state index in [1.54, 1.807) is 31.3 Å². The predicted molar refractivity (Wildman–Crippen MR) is 78.3 cm³/mol. The lowest BCUT2D eigenvalue weighted by Crippen LogP contribution is -2.21. The second-order valence-electron chi connectivity index (χ2n) is 4.76. The van der Waals surface area contributed by atoms with Crippen LogP contribution in [0.4, 0.5) is 5.82 Å². The molecule has 0 fully saturated rings. The minimum absolute atomic E-state index is 0.0270. The van der Waals surface area contributed by atoms with Crippen LogP contribution in [0.25, 0.3) is 0 Å². The Hall–Kier alpha value is -1.62. The summed E-state index contributed by atoms with van der Waals surface area (Å²) in [6, 6.07) is 3.64. The fourth-order valence-electron chi connectivity index (χ4n) is 1.72. The molecule has 1 amide bonds. The van der Waals surface area contributed by atoms with Crippen LogP contribution < -0.4 is 11.1 Å². The zero-order valence-corrected chi connectivity index (χ0v) is 11.9. The van der Waals surface area contributed by atoms with Crippen molar-refractivity contribution < 1.29 is 4.79 Å². The zero-order chi connectivity index (χ0) is 14.1. The fraction of sp³-hybridized carbons (Fsp3) is 0.571. The van der Waals surface area contributed by atoms with E-state index in [0.717, 1.165) is 31.7 Å². The van der Waals surface area contributed by atoms with Crippen LogP contribution in [0.1, 0.15) is 36.0 Å². The molecule has 0 spiro atoms. The molecule has 19 heavy (non-hydrogen) atoms. The lowest BCUT2D eigenvalue weighted by atomic mass is 10.2. The largest absolute Gasteiger partial charge is 0.370 e. The normalized spacial score (nSPS) is 10.3. The highest BCUT2D eigenvalue weighted by Crippen LogP contribution is 2.07. The zero-order valence-electron chi connectivity index (χ0n) is 11.9. The Labute approximate surface area is 115 Å². The van der Waals surface area contributed by atoms with Crippen molar-refractivity contribution in [3.8, 4) is 0 Å². The smallest absolute Gasteiger partial charge is 0.254 e. The Morgan fingerprint density at radius 2 is 2.00 bits per heavy atom. The van der Waals surface area contributed by atoms with Crippen molar-refractivity contribution in [2.75, 3.05) is 32.5 Å². The molecule has 1 aromatic rings. The van der Waals surface area contributed by atoms with Crippen molar-refractivity contribution in [3.63, 3.8) is 0 Å². The maximum Gasteiger partial charge on any atom is 0.254 e. The topological polar surface area (TPSA) is 71.2 Å². The van der Waals surface area contributed by atoms with Gasteiger partial charge in [0.1, 0.15) is 5.82 Å². The number of rotatable bonds is 8. The molecule has 0 radical (unpaired) electrons. The fourth-order valence-corrected chi connectivity index (χ4v) is 1.72. The number of nitrogens with zero attached hydrogens (tertiary/aromatic N) is 2. The van der Waals surface area contributed by atoms with Crippen LogP contribution in [0.5, 0.6) is 0 Å². The van der Waals surface area contributed by atoms with E-state index in [1.807, 2.05) is 6.07 Å². The van der Waals surface area contributed by atoms with Gasteiger partial charge in [-0.2, -0.15) is 0 Å². The quantitative estimate of drug-likeness (QED) is 0.701. The molecule has 5 heteroatoms. The van der Waals surface area contributed by atoms with Gasteiger partial charge in [0.05, 0.1) is 5.56 Å². The summed E-state index contributed by atoms with van der Waals surface area (Å²) in [6.45, 7) is 1.68. The van der Waals surface area contributed by atoms with Crippen LogP contribution in [0.15, 0.2) is 18.3 Å². The van der Waals surface area contributed by atoms with Crippen LogP contribution >= 0.6 is 0 Å². The first-order valence-corrected chi connectivity index (χ1v) is 6.77. The molecule has 0 atom stereocenters. The molecule has 0 aliphatic rings. The molecule has 0 aliphatic carbocycles. The molecule has 0 saturated carbocycles. The van der Waals surface area contributed by atoms with E-state index in [4.69, 9.17) is 5.73 Å². The lowest BCUT2D eigenvalue weighted by Gasteiger charge is -2.10. The molecule has 5 nitrogen and oxygen atoms in total. The third-order valence-electron chi connectivity index (χ3n) is 2.85. The van der Waals surface area contributed by atoms with Gasteiger partial charge in [0.2, 0.25) is 0 Å². The molecule has 0 aliphatic heterocycles. The van der Waals surface area contributed by atoms with Gasteiger partial charge in [-0.3, -0.25) is 4.79 Å². The first-order chi connectivity index (χ1) is 9.15. The number of nitrogens with one attached hydrogen (secondary N) is 1. The molecule has 0 aromatic carbocycles. The first-order valence-electron chi connectivity index (χ1n) is 6.77. The summed E-state index contributed by atoms with van der Waals surface area (Å²) in [4.78, 5) is 17.5. The average Bonchev–Trinajstić information content (AvgIpc) is 2.42. The molecule has 1 rings (SSSR count). The maximum absolute atomic E-state index is 11.7. The van der Waals surface area contributed by atoms with Gasteiger partial charge in [0, 0.05) is 26.8 Å². The minimum Gasteiger partial charge on any atom is -0.370 e. The van der Waals surface area contributed by atoms with E-state index in [0.29, 0.717) is 5.56 Å². The lowest BCUT2D eigenvalue weighted by molar-refractivity contribution is 0.0827. The summed E-state index contributed by atoms with van der Waals surface area (Å²) in [5.74, 6) is 0.787. The number of unbranched alkanes of at least 4 members (excludes halogenated alkanes) is 3. The van der Waals surface area contributed by atoms with Gasteiger partial charge < -0.3 is 16.0 Å². The minimum atomic E-state index is -0.0270. The third kappa shape index (κ3) is 5.70. The number of carbonyl (C=O) groups excluding carboxylic acids is 1. The van der Waals surface area contributed by atoms with Gasteiger partial charge in [0.15, 0.2) is 0 Å². The van der Waals surface area contributed by atoms with Gasteiger partial charge in [-0.15, -0.1) is 0 Å². The first kappa shape index (κ1) is 15.4. The molecule has 0 bridgehead atoms. The summed E-state index contributed by atoms with van der Waals surface area (Å²) in [5, 5.41) is 3.25. The number of carbonyl (C=O) groups is 1. The van der Waals surface area contributed by atoms with Crippen LogP contribution in [0.2, 0.25) is 0 Å². The Morgan fingerprint density at radius 3 is 2.58 bits per heavy atom. The molecule has 1 heterocycles. The number of aromatic nitrogens is 1. The maximum atomic E-state index is 11.7. The summed E-state index contributed by atoms with van der Waals surface area (Å²) < 4.78 is 0. The second-order valence-corrected chi connectivity index (χ2v) is 4.76. The molecular weight excluding hydrogens is 240 g/mol. The van der Waals surface area contributed by atoms with Crippen molar-refractivity contribution in [1.82, 2.24) is 9.88 Å². The van der Waals surface area contributed by atoms with Crippen LogP contribution in [-0.4, -0.2) is 43.0 Å². The third-order valence-corrected chi connectivity index (χ3v) is 2.85. The standard InChI is InChI=1S/C14H24N4O/c1-18(2)14(19)12-7-8-13(17-11-12)16-10-6-4-3-5-9-15/h7-8,11H,3-6,9-10,15H2,1-2H3,(H,16,17). The van der Waals surface area contributed by atoms with Crippen LogP contribution in [0.3, 0.4) is 0 Å². The molecule has 3 N–H and O–H groups in total. The van der Waals surface area contributed by atoms with Crippen LogP contribution in [-0.2, 0) is 0 Å². The van der Waals surface area contributed by atoms with E-state index < -0.39 is 0 Å². The summed E-state index contributed by atoms with van der Waals surface area (Å²) >= 11 is 0. The summed E-state index contributed by atoms with van der Waals surface area (Å²) in [5.41, 5.74) is 6.05. The SMILES string of the molecule is CN(C)C(=O)c1ccc(NCCCCCCN)nc1. The van der Waals surface area contributed by atoms with E-state index in [2.05, 4.69) is 10.3 Å². The molecule has 0 saturated heterocycles. The number of hydrogen-bond donors (Lipinski definition) is 2. The van der Waals surface area contributed by atoms with Crippen molar-refractivity contribution >= 4 is 11.7 Å². The highest BCUT2D eigenvalue weighted by atomic mass is 16.2. The van der Waals surface area contributed by atoms with Crippen molar-refractivity contribution in [3.05, 3.63) is 23.9 Å². The number of pyridine rings is 1.